The predicted octanol–water partition coefficient (Wildman–Crippen LogP) is 2.05. The van der Waals surface area contributed by atoms with Gasteiger partial charge in [-0.15, -0.1) is 0 Å². The molecule has 2 aromatic rings. The van der Waals surface area contributed by atoms with E-state index in [2.05, 4.69) is 20.8 Å². The molecule has 0 radical (unpaired) electrons. The van der Waals surface area contributed by atoms with Crippen LogP contribution in [0.25, 0.3) is 0 Å². The highest BCUT2D eigenvalue weighted by Gasteiger charge is 2.10. The molecule has 2 rings (SSSR count). The van der Waals surface area contributed by atoms with Crippen LogP contribution in [0.4, 0.5) is 10.5 Å². The third kappa shape index (κ3) is 3.59. The molecular weight excluding hydrogens is 272 g/mol. The van der Waals surface area contributed by atoms with Crippen molar-refractivity contribution in [3.05, 3.63) is 46.8 Å². The number of nitrogens with zero attached hydrogens (tertiary/aromatic N) is 1. The fraction of sp³-hybridized carbons (Fsp3) is 0.214. The number of amides is 2. The zero-order valence-corrected chi connectivity index (χ0v) is 11.7. The monoisotopic (exact) mass is 288 g/mol. The first-order valence-electron chi connectivity index (χ1n) is 6.36. The van der Waals surface area contributed by atoms with Gasteiger partial charge in [0.05, 0.1) is 22.6 Å². The number of benzene rings is 1. The molecular formula is C14H16N4O3. The number of hydrogen-bond acceptors (Lipinski definition) is 3. The van der Waals surface area contributed by atoms with Gasteiger partial charge in [-0.2, -0.15) is 5.10 Å². The highest BCUT2D eigenvalue weighted by Crippen LogP contribution is 2.15. The Hall–Kier alpha value is -2.83. The van der Waals surface area contributed by atoms with Gasteiger partial charge in [-0.25, -0.2) is 9.59 Å². The van der Waals surface area contributed by atoms with Crippen LogP contribution in [0.2, 0.25) is 0 Å². The lowest BCUT2D eigenvalue weighted by Gasteiger charge is -2.08. The minimum Gasteiger partial charge on any atom is -0.478 e. The standard InChI is InChI=1S/C14H16N4O3/c1-8-12(9(2)18-17-8)16-14(21)15-7-10-4-3-5-11(6-10)13(19)20/h3-6H,7H2,1-2H3,(H,17,18)(H,19,20)(H2,15,16,21). The fourth-order valence-electron chi connectivity index (χ4n) is 1.89. The number of H-pyrrole nitrogens is 1. The number of carbonyl (C=O) groups excluding carboxylic acids is 1. The zero-order valence-electron chi connectivity index (χ0n) is 11.7. The Balaban J connectivity index is 1.95. The first-order valence-corrected chi connectivity index (χ1v) is 6.36. The number of carbonyl (C=O) groups is 2. The third-order valence-corrected chi connectivity index (χ3v) is 2.99. The molecule has 1 heterocycles. The zero-order chi connectivity index (χ0) is 15.4. The number of aryl methyl sites for hydroxylation is 2. The molecule has 4 N–H and O–H groups in total. The van der Waals surface area contributed by atoms with Crippen molar-refractivity contribution in [2.45, 2.75) is 20.4 Å². The fourth-order valence-corrected chi connectivity index (χ4v) is 1.89. The Morgan fingerprint density at radius 3 is 2.71 bits per heavy atom. The SMILES string of the molecule is Cc1n[nH]c(C)c1NC(=O)NCc1cccc(C(=O)O)c1. The van der Waals surface area contributed by atoms with Crippen LogP contribution in [-0.4, -0.2) is 27.3 Å². The highest BCUT2D eigenvalue weighted by molar-refractivity contribution is 5.90. The van der Waals surface area contributed by atoms with Crippen molar-refractivity contribution in [3.63, 3.8) is 0 Å². The second-order valence-corrected chi connectivity index (χ2v) is 4.62. The maximum absolute atomic E-state index is 11.8. The van der Waals surface area contributed by atoms with Crippen LogP contribution in [0.15, 0.2) is 24.3 Å². The summed E-state index contributed by atoms with van der Waals surface area (Å²) in [4.78, 5) is 22.7. The topological polar surface area (TPSA) is 107 Å². The summed E-state index contributed by atoms with van der Waals surface area (Å²) in [5, 5.41) is 21.1. The van der Waals surface area contributed by atoms with E-state index >= 15 is 0 Å². The molecule has 0 aliphatic carbocycles. The number of urea groups is 1. The molecule has 0 bridgehead atoms. The van der Waals surface area contributed by atoms with Crippen molar-refractivity contribution in [3.8, 4) is 0 Å². The first kappa shape index (κ1) is 14.6. The number of aromatic amines is 1. The van der Waals surface area contributed by atoms with Gasteiger partial charge in [0, 0.05) is 6.54 Å². The quantitative estimate of drug-likeness (QED) is 0.690. The summed E-state index contributed by atoms with van der Waals surface area (Å²) in [6.45, 7) is 3.84. The minimum atomic E-state index is -0.994. The molecule has 2 amide bonds. The summed E-state index contributed by atoms with van der Waals surface area (Å²) in [6.07, 6.45) is 0. The second kappa shape index (κ2) is 6.08. The van der Waals surface area contributed by atoms with Gasteiger partial charge >= 0.3 is 12.0 Å². The van der Waals surface area contributed by atoms with Crippen molar-refractivity contribution in [2.24, 2.45) is 0 Å². The number of nitrogens with one attached hydrogen (secondary N) is 3. The van der Waals surface area contributed by atoms with Gasteiger partial charge in [-0.1, -0.05) is 12.1 Å². The lowest BCUT2D eigenvalue weighted by molar-refractivity contribution is 0.0696. The van der Waals surface area contributed by atoms with Gasteiger partial charge in [-0.05, 0) is 31.5 Å². The summed E-state index contributed by atoms with van der Waals surface area (Å²) < 4.78 is 0. The second-order valence-electron chi connectivity index (χ2n) is 4.62. The molecule has 0 aliphatic rings. The lowest BCUT2D eigenvalue weighted by Crippen LogP contribution is -2.28. The number of carboxylic acid groups (broad SMARTS) is 1. The Bertz CT molecular complexity index is 659. The largest absolute Gasteiger partial charge is 0.478 e. The summed E-state index contributed by atoms with van der Waals surface area (Å²) in [6, 6.07) is 6.05. The average molecular weight is 288 g/mol. The van der Waals surface area contributed by atoms with Crippen LogP contribution >= 0.6 is 0 Å². The molecule has 0 atom stereocenters. The van der Waals surface area contributed by atoms with Gasteiger partial charge < -0.3 is 15.7 Å². The Kier molecular flexibility index (Phi) is 4.22. The summed E-state index contributed by atoms with van der Waals surface area (Å²) in [5.74, 6) is -0.994. The molecule has 110 valence electrons. The molecule has 1 aromatic heterocycles. The number of hydrogen-bond donors (Lipinski definition) is 4. The van der Waals surface area contributed by atoms with Crippen molar-refractivity contribution < 1.29 is 14.7 Å². The van der Waals surface area contributed by atoms with Crippen molar-refractivity contribution >= 4 is 17.7 Å². The van der Waals surface area contributed by atoms with Crippen molar-refractivity contribution in [2.75, 3.05) is 5.32 Å². The van der Waals surface area contributed by atoms with E-state index in [0.717, 1.165) is 5.69 Å². The van der Waals surface area contributed by atoms with E-state index in [4.69, 9.17) is 5.11 Å². The normalized spacial score (nSPS) is 10.2. The van der Waals surface area contributed by atoms with Gasteiger partial charge in [0.25, 0.3) is 0 Å². The van der Waals surface area contributed by atoms with Crippen LogP contribution in [0.1, 0.15) is 27.3 Å². The summed E-state index contributed by atoms with van der Waals surface area (Å²) in [5.41, 5.74) is 3.03. The van der Waals surface area contributed by atoms with Gasteiger partial charge in [0.2, 0.25) is 0 Å². The molecule has 0 spiro atoms. The Morgan fingerprint density at radius 1 is 1.33 bits per heavy atom. The van der Waals surface area contributed by atoms with E-state index in [1.165, 1.54) is 12.1 Å². The van der Waals surface area contributed by atoms with E-state index in [1.54, 1.807) is 19.1 Å². The van der Waals surface area contributed by atoms with Crippen molar-refractivity contribution in [1.82, 2.24) is 15.5 Å². The van der Waals surface area contributed by atoms with Crippen LogP contribution in [0, 0.1) is 13.8 Å². The van der Waals surface area contributed by atoms with Crippen LogP contribution in [0.3, 0.4) is 0 Å². The van der Waals surface area contributed by atoms with E-state index in [1.807, 2.05) is 6.92 Å². The average Bonchev–Trinajstić information content (AvgIpc) is 2.77. The van der Waals surface area contributed by atoms with Gasteiger partial charge in [0.1, 0.15) is 0 Å². The third-order valence-electron chi connectivity index (χ3n) is 2.99. The predicted molar refractivity (Wildman–Crippen MR) is 77.3 cm³/mol. The van der Waals surface area contributed by atoms with Gasteiger partial charge in [-0.3, -0.25) is 5.10 Å². The number of rotatable bonds is 4. The summed E-state index contributed by atoms with van der Waals surface area (Å²) >= 11 is 0. The Morgan fingerprint density at radius 2 is 2.10 bits per heavy atom. The van der Waals surface area contributed by atoms with E-state index in [-0.39, 0.29) is 18.1 Å². The number of anilines is 1. The minimum absolute atomic E-state index is 0.191. The smallest absolute Gasteiger partial charge is 0.335 e. The van der Waals surface area contributed by atoms with Crippen LogP contribution < -0.4 is 10.6 Å². The molecule has 0 saturated heterocycles. The Labute approximate surface area is 121 Å². The molecule has 1 aromatic carbocycles. The van der Waals surface area contributed by atoms with Crippen molar-refractivity contribution in [1.29, 1.82) is 0 Å². The molecule has 0 aliphatic heterocycles. The van der Waals surface area contributed by atoms with Crippen LogP contribution in [0.5, 0.6) is 0 Å². The molecule has 0 unspecified atom stereocenters. The maximum atomic E-state index is 11.8. The number of carboxylic acids is 1. The van der Waals surface area contributed by atoms with E-state index in [0.29, 0.717) is 16.9 Å². The maximum Gasteiger partial charge on any atom is 0.335 e. The van der Waals surface area contributed by atoms with Gasteiger partial charge in [0.15, 0.2) is 0 Å². The van der Waals surface area contributed by atoms with E-state index < -0.39 is 5.97 Å². The van der Waals surface area contributed by atoms with Crippen LogP contribution in [-0.2, 0) is 6.54 Å². The molecule has 0 fully saturated rings. The molecule has 7 heteroatoms. The number of aromatic nitrogens is 2. The van der Waals surface area contributed by atoms with E-state index in [9.17, 15) is 9.59 Å². The highest BCUT2D eigenvalue weighted by atomic mass is 16.4. The first-order chi connectivity index (χ1) is 9.97. The molecule has 21 heavy (non-hydrogen) atoms. The molecule has 0 saturated carbocycles. The number of aromatic carboxylic acids is 1. The summed E-state index contributed by atoms with van der Waals surface area (Å²) in [7, 11) is 0. The lowest BCUT2D eigenvalue weighted by atomic mass is 10.1. The molecule has 7 nitrogen and oxygen atoms in total.